The number of rotatable bonds is 4. The number of alkyl halides is 3. The molecule has 0 radical (unpaired) electrons. The highest BCUT2D eigenvalue weighted by molar-refractivity contribution is 7.89. The van der Waals surface area contributed by atoms with E-state index in [9.17, 15) is 21.6 Å². The smallest absolute Gasteiger partial charge is 0.330 e. The first kappa shape index (κ1) is 20.5. The first-order chi connectivity index (χ1) is 10.1. The molecule has 0 heterocycles. The Hall–Kier alpha value is -0.540. The number of hydrogen-bond acceptors (Lipinski definition) is 3. The molecule has 23 heavy (non-hydrogen) atoms. The van der Waals surface area contributed by atoms with Crippen LogP contribution in [0.3, 0.4) is 0 Å². The van der Waals surface area contributed by atoms with E-state index >= 15 is 0 Å². The van der Waals surface area contributed by atoms with Crippen LogP contribution in [0.2, 0.25) is 5.02 Å². The van der Waals surface area contributed by atoms with Gasteiger partial charge >= 0.3 is 6.18 Å². The van der Waals surface area contributed by atoms with Crippen LogP contribution < -0.4 is 10.5 Å². The van der Waals surface area contributed by atoms with E-state index in [1.54, 1.807) is 0 Å². The van der Waals surface area contributed by atoms with Crippen molar-refractivity contribution in [3.8, 4) is 0 Å². The van der Waals surface area contributed by atoms with Gasteiger partial charge in [-0.3, -0.25) is 0 Å². The van der Waals surface area contributed by atoms with Gasteiger partial charge in [0, 0.05) is 6.04 Å². The molecular formula is C13H17Cl2F3N2O2S. The third kappa shape index (κ3) is 4.73. The van der Waals surface area contributed by atoms with Crippen molar-refractivity contribution in [3.05, 3.63) is 28.8 Å². The Balaban J connectivity index is 0.00000264. The largest absolute Gasteiger partial charge is 0.417 e. The molecule has 1 aliphatic rings. The fourth-order valence-corrected chi connectivity index (χ4v) is 4.22. The molecule has 0 amide bonds. The van der Waals surface area contributed by atoms with E-state index in [1.807, 2.05) is 0 Å². The first-order valence-electron chi connectivity index (χ1n) is 6.74. The second-order valence-corrected chi connectivity index (χ2v) is 7.42. The highest BCUT2D eigenvalue weighted by Crippen LogP contribution is 2.36. The van der Waals surface area contributed by atoms with Gasteiger partial charge in [-0.25, -0.2) is 13.1 Å². The van der Waals surface area contributed by atoms with Crippen LogP contribution in [0.5, 0.6) is 0 Å². The minimum Gasteiger partial charge on any atom is -0.330 e. The molecule has 0 aromatic heterocycles. The molecule has 2 unspecified atom stereocenters. The van der Waals surface area contributed by atoms with E-state index in [0.717, 1.165) is 25.0 Å². The first-order valence-corrected chi connectivity index (χ1v) is 8.60. The van der Waals surface area contributed by atoms with Crippen LogP contribution in [0.1, 0.15) is 24.8 Å². The standard InChI is InChI=1S/C13H16ClF3N2O2S.ClH/c14-11-5-4-9(6-10(11)13(15,16)17)22(20,21)19-12-3-1-2-8(12)7-18;/h4-6,8,12,19H,1-3,7,18H2;1H. The summed E-state index contributed by atoms with van der Waals surface area (Å²) >= 11 is 5.50. The molecule has 1 aliphatic carbocycles. The molecule has 1 aromatic rings. The quantitative estimate of drug-likeness (QED) is 0.826. The number of nitrogens with two attached hydrogens (primary N) is 1. The van der Waals surface area contributed by atoms with Crippen LogP contribution in [0, 0.1) is 5.92 Å². The second kappa shape index (κ2) is 7.57. The van der Waals surface area contributed by atoms with Crippen molar-refractivity contribution in [2.45, 2.75) is 36.4 Å². The highest BCUT2D eigenvalue weighted by atomic mass is 35.5. The molecule has 2 atom stereocenters. The molecule has 4 nitrogen and oxygen atoms in total. The summed E-state index contributed by atoms with van der Waals surface area (Å²) in [5.74, 6) is 0.00385. The van der Waals surface area contributed by atoms with E-state index in [1.165, 1.54) is 0 Å². The predicted molar refractivity (Wildman–Crippen MR) is 84.2 cm³/mol. The molecular weight excluding hydrogens is 376 g/mol. The Morgan fingerprint density at radius 2 is 1.96 bits per heavy atom. The second-order valence-electron chi connectivity index (χ2n) is 5.29. The van der Waals surface area contributed by atoms with Crippen LogP contribution in [-0.2, 0) is 16.2 Å². The van der Waals surface area contributed by atoms with Crippen molar-refractivity contribution in [2.24, 2.45) is 11.7 Å². The fraction of sp³-hybridized carbons (Fsp3) is 0.538. The molecule has 1 fully saturated rings. The third-order valence-electron chi connectivity index (χ3n) is 3.82. The minimum absolute atomic E-state index is 0. The molecule has 0 saturated heterocycles. The van der Waals surface area contributed by atoms with Gasteiger partial charge in [0.15, 0.2) is 0 Å². The lowest BCUT2D eigenvalue weighted by Gasteiger charge is -2.20. The number of nitrogens with one attached hydrogen (secondary N) is 1. The molecule has 132 valence electrons. The van der Waals surface area contributed by atoms with Crippen LogP contribution in [0.4, 0.5) is 13.2 Å². The Morgan fingerprint density at radius 3 is 2.52 bits per heavy atom. The van der Waals surface area contributed by atoms with Gasteiger partial charge in [-0.15, -0.1) is 12.4 Å². The normalized spacial score (nSPS) is 22.0. The van der Waals surface area contributed by atoms with Gasteiger partial charge < -0.3 is 5.73 Å². The maximum atomic E-state index is 12.8. The average Bonchev–Trinajstić information content (AvgIpc) is 2.84. The summed E-state index contributed by atoms with van der Waals surface area (Å²) in [7, 11) is -4.05. The maximum absolute atomic E-state index is 12.8. The van der Waals surface area contributed by atoms with Crippen molar-refractivity contribution < 1.29 is 21.6 Å². The fourth-order valence-electron chi connectivity index (χ4n) is 2.63. The summed E-state index contributed by atoms with van der Waals surface area (Å²) < 4.78 is 65.5. The lowest BCUT2D eigenvalue weighted by molar-refractivity contribution is -0.137. The van der Waals surface area contributed by atoms with Crippen LogP contribution in [0.15, 0.2) is 23.1 Å². The van der Waals surface area contributed by atoms with Gasteiger partial charge in [0.2, 0.25) is 10.0 Å². The summed E-state index contributed by atoms with van der Waals surface area (Å²) in [6.07, 6.45) is -2.45. The van der Waals surface area contributed by atoms with E-state index in [4.69, 9.17) is 17.3 Å². The zero-order valence-electron chi connectivity index (χ0n) is 11.9. The van der Waals surface area contributed by atoms with Crippen LogP contribution >= 0.6 is 24.0 Å². The van der Waals surface area contributed by atoms with E-state index in [0.29, 0.717) is 19.0 Å². The van der Waals surface area contributed by atoms with Crippen LogP contribution in [-0.4, -0.2) is 21.0 Å². The van der Waals surface area contributed by atoms with Crippen molar-refractivity contribution in [3.63, 3.8) is 0 Å². The SMILES string of the molecule is Cl.NCC1CCCC1NS(=O)(=O)c1ccc(Cl)c(C(F)(F)F)c1. The Labute approximate surface area is 144 Å². The molecule has 0 bridgehead atoms. The molecule has 0 aliphatic heterocycles. The molecule has 10 heteroatoms. The third-order valence-corrected chi connectivity index (χ3v) is 5.64. The van der Waals surface area contributed by atoms with Gasteiger partial charge in [0.1, 0.15) is 0 Å². The van der Waals surface area contributed by atoms with Gasteiger partial charge in [-0.1, -0.05) is 18.0 Å². The van der Waals surface area contributed by atoms with Crippen LogP contribution in [0.25, 0.3) is 0 Å². The lowest BCUT2D eigenvalue weighted by atomic mass is 10.1. The van der Waals surface area contributed by atoms with Gasteiger partial charge in [0.05, 0.1) is 15.5 Å². The number of hydrogen-bond donors (Lipinski definition) is 2. The van der Waals surface area contributed by atoms with Crippen molar-refractivity contribution in [2.75, 3.05) is 6.54 Å². The molecule has 0 spiro atoms. The molecule has 3 N–H and O–H groups in total. The Kier molecular flexibility index (Phi) is 6.74. The molecule has 1 saturated carbocycles. The summed E-state index contributed by atoms with van der Waals surface area (Å²) in [5.41, 5.74) is 4.41. The molecule has 2 rings (SSSR count). The number of halogens is 5. The number of benzene rings is 1. The van der Waals surface area contributed by atoms with Crippen molar-refractivity contribution in [1.29, 1.82) is 0 Å². The highest BCUT2D eigenvalue weighted by Gasteiger charge is 2.35. The van der Waals surface area contributed by atoms with Gasteiger partial charge in [0.25, 0.3) is 0 Å². The Morgan fingerprint density at radius 1 is 1.30 bits per heavy atom. The summed E-state index contributed by atoms with van der Waals surface area (Å²) in [5, 5.41) is -0.535. The average molecular weight is 393 g/mol. The summed E-state index contributed by atoms with van der Waals surface area (Å²) in [6, 6.07) is 2.21. The summed E-state index contributed by atoms with van der Waals surface area (Å²) in [6.45, 7) is 0.335. The van der Waals surface area contributed by atoms with Crippen molar-refractivity contribution in [1.82, 2.24) is 4.72 Å². The van der Waals surface area contributed by atoms with E-state index in [2.05, 4.69) is 4.72 Å². The lowest BCUT2D eigenvalue weighted by Crippen LogP contribution is -2.39. The Bertz CT molecular complexity index is 653. The van der Waals surface area contributed by atoms with Gasteiger partial charge in [-0.2, -0.15) is 13.2 Å². The molecule has 1 aromatic carbocycles. The zero-order valence-corrected chi connectivity index (χ0v) is 14.3. The topological polar surface area (TPSA) is 72.2 Å². The predicted octanol–water partition coefficient (Wildman–Crippen LogP) is 3.19. The minimum atomic E-state index is -4.71. The van der Waals surface area contributed by atoms with E-state index < -0.39 is 31.7 Å². The number of sulfonamides is 1. The monoisotopic (exact) mass is 392 g/mol. The zero-order chi connectivity index (χ0) is 16.5. The van der Waals surface area contributed by atoms with Crippen molar-refractivity contribution >= 4 is 34.0 Å². The van der Waals surface area contributed by atoms with Gasteiger partial charge in [-0.05, 0) is 43.5 Å². The summed E-state index contributed by atoms with van der Waals surface area (Å²) in [4.78, 5) is -0.452. The van der Waals surface area contributed by atoms with E-state index in [-0.39, 0.29) is 24.4 Å². The maximum Gasteiger partial charge on any atom is 0.417 e.